The Hall–Kier alpha value is -1.18. The predicted octanol–water partition coefficient (Wildman–Crippen LogP) is 2.80. The fourth-order valence-electron chi connectivity index (χ4n) is 2.70. The zero-order valence-corrected chi connectivity index (χ0v) is 15.5. The van der Waals surface area contributed by atoms with E-state index in [4.69, 9.17) is 12.2 Å². The van der Waals surface area contributed by atoms with Crippen molar-refractivity contribution in [2.75, 3.05) is 19.4 Å². The van der Waals surface area contributed by atoms with Crippen molar-refractivity contribution in [3.05, 3.63) is 24.3 Å². The Bertz CT molecular complexity index is 651. The molecule has 0 bridgehead atoms. The molecule has 1 aromatic carbocycles. The Kier molecular flexibility index (Phi) is 6.00. The summed E-state index contributed by atoms with van der Waals surface area (Å²) in [7, 11) is -0.400. The normalized spacial score (nSPS) is 21.9. The standard InChI is InChI=1S/C16H25N3O2S2/c1-12-7-9-13(10-8-12)17-16(22)18-14-5-4-6-15(11-14)23(20,21)19(2)3/h4-6,11-13H,7-10H2,1-3H3,(H2,17,18,22). The van der Waals surface area contributed by atoms with Gasteiger partial charge in [-0.25, -0.2) is 12.7 Å². The van der Waals surface area contributed by atoms with Crippen LogP contribution in [0.4, 0.5) is 5.69 Å². The molecule has 1 aliphatic carbocycles. The molecule has 0 atom stereocenters. The average molecular weight is 356 g/mol. The fraction of sp³-hybridized carbons (Fsp3) is 0.562. The first-order valence-corrected chi connectivity index (χ1v) is 9.74. The van der Waals surface area contributed by atoms with E-state index in [1.807, 2.05) is 6.07 Å². The Balaban J connectivity index is 1.99. The Morgan fingerprint density at radius 1 is 1.22 bits per heavy atom. The first-order chi connectivity index (χ1) is 10.8. The van der Waals surface area contributed by atoms with Crippen LogP contribution in [0.25, 0.3) is 0 Å². The number of thiocarbonyl (C=S) groups is 1. The fourth-order valence-corrected chi connectivity index (χ4v) is 3.93. The molecule has 7 heteroatoms. The Morgan fingerprint density at radius 3 is 2.48 bits per heavy atom. The van der Waals surface area contributed by atoms with Crippen LogP contribution >= 0.6 is 12.2 Å². The van der Waals surface area contributed by atoms with Gasteiger partial charge in [-0.3, -0.25) is 0 Å². The molecule has 0 unspecified atom stereocenters. The number of rotatable bonds is 4. The van der Waals surface area contributed by atoms with E-state index in [9.17, 15) is 8.42 Å². The molecule has 1 aromatic rings. The highest BCUT2D eigenvalue weighted by molar-refractivity contribution is 7.89. The van der Waals surface area contributed by atoms with Crippen LogP contribution in [0.3, 0.4) is 0 Å². The lowest BCUT2D eigenvalue weighted by atomic mass is 9.87. The number of hydrogen-bond acceptors (Lipinski definition) is 3. The first kappa shape index (κ1) is 18.2. The van der Waals surface area contributed by atoms with E-state index in [0.717, 1.165) is 18.8 Å². The summed E-state index contributed by atoms with van der Waals surface area (Å²) in [5.41, 5.74) is 0.676. The minimum absolute atomic E-state index is 0.252. The van der Waals surface area contributed by atoms with Crippen molar-refractivity contribution in [1.29, 1.82) is 0 Å². The van der Waals surface area contributed by atoms with E-state index < -0.39 is 10.0 Å². The third kappa shape index (κ3) is 4.89. The van der Waals surface area contributed by atoms with E-state index in [-0.39, 0.29) is 4.90 Å². The largest absolute Gasteiger partial charge is 0.360 e. The van der Waals surface area contributed by atoms with Crippen molar-refractivity contribution in [1.82, 2.24) is 9.62 Å². The molecule has 0 radical (unpaired) electrons. The van der Waals surface area contributed by atoms with Crippen molar-refractivity contribution >= 4 is 33.0 Å². The number of benzene rings is 1. The monoisotopic (exact) mass is 355 g/mol. The number of anilines is 1. The summed E-state index contributed by atoms with van der Waals surface area (Å²) in [6.07, 6.45) is 4.68. The van der Waals surface area contributed by atoms with Gasteiger partial charge in [0.15, 0.2) is 5.11 Å². The van der Waals surface area contributed by atoms with Gasteiger partial charge in [-0.2, -0.15) is 0 Å². The van der Waals surface area contributed by atoms with Crippen LogP contribution in [0.5, 0.6) is 0 Å². The molecule has 1 fully saturated rings. The minimum atomic E-state index is -3.44. The second-order valence-corrected chi connectivity index (χ2v) is 8.93. The topological polar surface area (TPSA) is 61.4 Å². The third-order valence-corrected chi connectivity index (χ3v) is 6.25. The number of nitrogens with one attached hydrogen (secondary N) is 2. The summed E-state index contributed by atoms with van der Waals surface area (Å²) >= 11 is 5.35. The number of nitrogens with zero attached hydrogens (tertiary/aromatic N) is 1. The van der Waals surface area contributed by atoms with Crippen molar-refractivity contribution in [3.8, 4) is 0 Å². The predicted molar refractivity (Wildman–Crippen MR) is 98.1 cm³/mol. The molecule has 0 saturated heterocycles. The summed E-state index contributed by atoms with van der Waals surface area (Å²) in [6.45, 7) is 2.28. The van der Waals surface area contributed by atoms with Crippen molar-refractivity contribution in [2.24, 2.45) is 5.92 Å². The second kappa shape index (κ2) is 7.59. The van der Waals surface area contributed by atoms with Gasteiger partial charge in [0.2, 0.25) is 10.0 Å². The van der Waals surface area contributed by atoms with E-state index in [1.54, 1.807) is 18.2 Å². The van der Waals surface area contributed by atoms with E-state index >= 15 is 0 Å². The summed E-state index contributed by atoms with van der Waals surface area (Å²) in [5, 5.41) is 6.96. The van der Waals surface area contributed by atoms with Crippen LogP contribution in [-0.4, -0.2) is 38.0 Å². The maximum Gasteiger partial charge on any atom is 0.242 e. The highest BCUT2D eigenvalue weighted by atomic mass is 32.2. The molecule has 0 heterocycles. The van der Waals surface area contributed by atoms with Crippen LogP contribution in [0.15, 0.2) is 29.2 Å². The molecule has 2 N–H and O–H groups in total. The molecule has 5 nitrogen and oxygen atoms in total. The number of sulfonamides is 1. The van der Waals surface area contributed by atoms with Crippen molar-refractivity contribution in [3.63, 3.8) is 0 Å². The lowest BCUT2D eigenvalue weighted by Gasteiger charge is -2.28. The summed E-state index contributed by atoms with van der Waals surface area (Å²) in [4.78, 5) is 0.252. The van der Waals surface area contributed by atoms with Gasteiger partial charge in [-0.15, -0.1) is 0 Å². The Morgan fingerprint density at radius 2 is 1.87 bits per heavy atom. The van der Waals surface area contributed by atoms with Crippen molar-refractivity contribution < 1.29 is 8.42 Å². The quantitative estimate of drug-likeness (QED) is 0.813. The molecule has 23 heavy (non-hydrogen) atoms. The highest BCUT2D eigenvalue weighted by Gasteiger charge is 2.19. The summed E-state index contributed by atoms with van der Waals surface area (Å²) in [5.74, 6) is 0.794. The molecule has 0 aromatic heterocycles. The van der Waals surface area contributed by atoms with Crippen LogP contribution in [0.2, 0.25) is 0 Å². The van der Waals surface area contributed by atoms with E-state index in [2.05, 4.69) is 17.6 Å². The van der Waals surface area contributed by atoms with E-state index in [1.165, 1.54) is 31.2 Å². The van der Waals surface area contributed by atoms with Crippen molar-refractivity contribution in [2.45, 2.75) is 43.5 Å². The molecule has 0 spiro atoms. The second-order valence-electron chi connectivity index (χ2n) is 6.37. The van der Waals surface area contributed by atoms with Gasteiger partial charge in [0.25, 0.3) is 0 Å². The molecular weight excluding hydrogens is 330 g/mol. The van der Waals surface area contributed by atoms with Gasteiger partial charge in [-0.1, -0.05) is 13.0 Å². The molecular formula is C16H25N3O2S2. The maximum atomic E-state index is 12.2. The van der Waals surface area contributed by atoms with Crippen LogP contribution in [0, 0.1) is 5.92 Å². The van der Waals surface area contributed by atoms with Gasteiger partial charge in [0.1, 0.15) is 0 Å². The highest BCUT2D eigenvalue weighted by Crippen LogP contribution is 2.23. The molecule has 2 rings (SSSR count). The molecule has 1 aliphatic rings. The lowest BCUT2D eigenvalue weighted by molar-refractivity contribution is 0.332. The van der Waals surface area contributed by atoms with Gasteiger partial charge >= 0.3 is 0 Å². The van der Waals surface area contributed by atoms with Gasteiger partial charge < -0.3 is 10.6 Å². The van der Waals surface area contributed by atoms with Gasteiger partial charge in [0, 0.05) is 25.8 Å². The van der Waals surface area contributed by atoms with E-state index in [0.29, 0.717) is 16.8 Å². The molecule has 1 saturated carbocycles. The zero-order chi connectivity index (χ0) is 17.0. The Labute approximate surface area is 144 Å². The summed E-state index contributed by atoms with van der Waals surface area (Å²) < 4.78 is 25.5. The zero-order valence-electron chi connectivity index (χ0n) is 13.9. The maximum absolute atomic E-state index is 12.2. The van der Waals surface area contributed by atoms with Crippen LogP contribution in [-0.2, 0) is 10.0 Å². The molecule has 128 valence electrons. The van der Waals surface area contributed by atoms with Gasteiger partial charge in [0.05, 0.1) is 4.90 Å². The third-order valence-electron chi connectivity index (χ3n) is 4.22. The molecule has 0 aliphatic heterocycles. The molecule has 0 amide bonds. The number of hydrogen-bond donors (Lipinski definition) is 2. The average Bonchev–Trinajstić information content (AvgIpc) is 2.49. The van der Waals surface area contributed by atoms with Crippen LogP contribution in [0.1, 0.15) is 32.6 Å². The summed E-state index contributed by atoms with van der Waals surface area (Å²) in [6, 6.07) is 7.11. The van der Waals surface area contributed by atoms with Gasteiger partial charge in [-0.05, 0) is 62.0 Å². The minimum Gasteiger partial charge on any atom is -0.360 e. The smallest absolute Gasteiger partial charge is 0.242 e. The lowest BCUT2D eigenvalue weighted by Crippen LogP contribution is -2.39. The SMILES string of the molecule is CC1CCC(NC(=S)Nc2cccc(S(=O)(=O)N(C)C)c2)CC1. The van der Waals surface area contributed by atoms with Crippen LogP contribution < -0.4 is 10.6 Å². The first-order valence-electron chi connectivity index (χ1n) is 7.89.